The highest BCUT2D eigenvalue weighted by atomic mass is 16.5. The first-order valence-corrected chi connectivity index (χ1v) is 6.56. The quantitative estimate of drug-likeness (QED) is 0.720. The molecule has 0 amide bonds. The Kier molecular flexibility index (Phi) is 3.50. The summed E-state index contributed by atoms with van der Waals surface area (Å²) in [5, 5.41) is 4.42. The Hall–Kier alpha value is -2.55. The zero-order valence-electron chi connectivity index (χ0n) is 11.4. The fraction of sp³-hybridized carbons (Fsp3) is 0.118. The largest absolute Gasteiger partial charge is 0.497 e. The lowest BCUT2D eigenvalue weighted by atomic mass is 10.1. The predicted molar refractivity (Wildman–Crippen MR) is 79.8 cm³/mol. The molecule has 100 valence electrons. The van der Waals surface area contributed by atoms with Crippen LogP contribution in [0.2, 0.25) is 0 Å². The molecule has 0 N–H and O–H groups in total. The Morgan fingerprint density at radius 3 is 2.40 bits per heavy atom. The summed E-state index contributed by atoms with van der Waals surface area (Å²) < 4.78 is 7.12. The van der Waals surface area contributed by atoms with Gasteiger partial charge >= 0.3 is 0 Å². The van der Waals surface area contributed by atoms with E-state index in [-0.39, 0.29) is 0 Å². The van der Waals surface area contributed by atoms with Gasteiger partial charge in [0.2, 0.25) is 0 Å². The molecule has 0 unspecified atom stereocenters. The van der Waals surface area contributed by atoms with Crippen molar-refractivity contribution in [3.8, 4) is 16.9 Å². The third kappa shape index (κ3) is 2.72. The van der Waals surface area contributed by atoms with E-state index in [0.29, 0.717) is 0 Å². The van der Waals surface area contributed by atoms with E-state index in [1.807, 2.05) is 53.3 Å². The fourth-order valence-electron chi connectivity index (χ4n) is 2.15. The average Bonchev–Trinajstić information content (AvgIpc) is 2.97. The maximum absolute atomic E-state index is 5.17. The second-order valence-corrected chi connectivity index (χ2v) is 4.64. The zero-order chi connectivity index (χ0) is 13.8. The van der Waals surface area contributed by atoms with Gasteiger partial charge in [0.05, 0.1) is 19.9 Å². The summed E-state index contributed by atoms with van der Waals surface area (Å²) in [6, 6.07) is 18.3. The minimum atomic E-state index is 0.789. The van der Waals surface area contributed by atoms with Gasteiger partial charge in [-0.3, -0.25) is 4.68 Å². The van der Waals surface area contributed by atoms with Gasteiger partial charge in [-0.2, -0.15) is 5.10 Å². The molecule has 0 radical (unpaired) electrons. The molecule has 1 heterocycles. The number of hydrogen-bond acceptors (Lipinski definition) is 2. The van der Waals surface area contributed by atoms with E-state index in [1.54, 1.807) is 7.11 Å². The second-order valence-electron chi connectivity index (χ2n) is 4.64. The molecule has 0 saturated carbocycles. The number of rotatable bonds is 4. The molecule has 20 heavy (non-hydrogen) atoms. The lowest BCUT2D eigenvalue weighted by Crippen LogP contribution is -1.99. The van der Waals surface area contributed by atoms with E-state index in [2.05, 4.69) is 23.4 Å². The van der Waals surface area contributed by atoms with Crippen LogP contribution in [0.25, 0.3) is 11.1 Å². The Morgan fingerprint density at radius 2 is 1.70 bits per heavy atom. The first-order valence-electron chi connectivity index (χ1n) is 6.56. The Labute approximate surface area is 118 Å². The van der Waals surface area contributed by atoms with Crippen LogP contribution < -0.4 is 4.74 Å². The van der Waals surface area contributed by atoms with Crippen LogP contribution in [0.4, 0.5) is 0 Å². The van der Waals surface area contributed by atoms with Gasteiger partial charge in [-0.25, -0.2) is 0 Å². The molecule has 0 aliphatic rings. The molecule has 1 aromatic heterocycles. The predicted octanol–water partition coefficient (Wildman–Crippen LogP) is 3.61. The van der Waals surface area contributed by atoms with E-state index < -0.39 is 0 Å². The molecular weight excluding hydrogens is 248 g/mol. The molecule has 3 aromatic rings. The minimum Gasteiger partial charge on any atom is -0.497 e. The van der Waals surface area contributed by atoms with Crippen molar-refractivity contribution in [2.24, 2.45) is 0 Å². The van der Waals surface area contributed by atoms with Crippen molar-refractivity contribution in [3.05, 3.63) is 72.6 Å². The summed E-state index contributed by atoms with van der Waals surface area (Å²) in [7, 11) is 1.67. The van der Waals surface area contributed by atoms with E-state index in [9.17, 15) is 0 Å². The molecule has 2 aromatic carbocycles. The van der Waals surface area contributed by atoms with Crippen molar-refractivity contribution in [1.82, 2.24) is 9.78 Å². The van der Waals surface area contributed by atoms with Crippen LogP contribution in [0.15, 0.2) is 67.0 Å². The Morgan fingerprint density at radius 1 is 0.950 bits per heavy atom. The van der Waals surface area contributed by atoms with Crippen molar-refractivity contribution in [2.75, 3.05) is 7.11 Å². The number of nitrogens with zero attached hydrogens (tertiary/aromatic N) is 2. The number of ether oxygens (including phenoxy) is 1. The van der Waals surface area contributed by atoms with Crippen LogP contribution in [-0.4, -0.2) is 16.9 Å². The topological polar surface area (TPSA) is 27.1 Å². The van der Waals surface area contributed by atoms with E-state index in [4.69, 9.17) is 4.74 Å². The monoisotopic (exact) mass is 264 g/mol. The second kappa shape index (κ2) is 5.61. The SMILES string of the molecule is COc1ccc(-c2cnn(Cc3ccccc3)c2)cc1. The molecule has 0 saturated heterocycles. The van der Waals surface area contributed by atoms with Crippen LogP contribution in [0.3, 0.4) is 0 Å². The van der Waals surface area contributed by atoms with Crippen LogP contribution in [-0.2, 0) is 6.54 Å². The maximum atomic E-state index is 5.17. The van der Waals surface area contributed by atoms with E-state index in [1.165, 1.54) is 5.56 Å². The molecule has 0 atom stereocenters. The van der Waals surface area contributed by atoms with Crippen molar-refractivity contribution in [1.29, 1.82) is 0 Å². The zero-order valence-corrected chi connectivity index (χ0v) is 11.4. The normalized spacial score (nSPS) is 10.4. The average molecular weight is 264 g/mol. The highest BCUT2D eigenvalue weighted by Gasteiger charge is 2.02. The third-order valence-electron chi connectivity index (χ3n) is 3.24. The van der Waals surface area contributed by atoms with Gasteiger partial charge in [-0.1, -0.05) is 42.5 Å². The lowest BCUT2D eigenvalue weighted by Gasteiger charge is -2.02. The molecule has 3 heteroatoms. The standard InChI is InChI=1S/C17H16N2O/c1-20-17-9-7-15(8-10-17)16-11-18-19(13-16)12-14-5-3-2-4-6-14/h2-11,13H,12H2,1H3. The van der Waals surface area contributed by atoms with Crippen LogP contribution in [0.1, 0.15) is 5.56 Å². The van der Waals surface area contributed by atoms with E-state index in [0.717, 1.165) is 23.4 Å². The molecule has 0 bridgehead atoms. The van der Waals surface area contributed by atoms with Gasteiger partial charge in [0, 0.05) is 11.8 Å². The smallest absolute Gasteiger partial charge is 0.118 e. The summed E-state index contributed by atoms with van der Waals surface area (Å²) in [4.78, 5) is 0. The first-order chi connectivity index (χ1) is 9.85. The number of aromatic nitrogens is 2. The number of benzene rings is 2. The number of methoxy groups -OCH3 is 1. The molecule has 0 fully saturated rings. The molecule has 3 rings (SSSR count). The summed E-state index contributed by atoms with van der Waals surface area (Å²) in [6.07, 6.45) is 3.96. The lowest BCUT2D eigenvalue weighted by molar-refractivity contribution is 0.415. The molecule has 3 nitrogen and oxygen atoms in total. The highest BCUT2D eigenvalue weighted by molar-refractivity contribution is 5.62. The van der Waals surface area contributed by atoms with E-state index >= 15 is 0 Å². The summed E-state index contributed by atoms with van der Waals surface area (Å²) in [5.74, 6) is 0.866. The molecular formula is C17H16N2O. The van der Waals surface area contributed by atoms with Crippen molar-refractivity contribution in [3.63, 3.8) is 0 Å². The molecule has 0 aliphatic carbocycles. The fourth-order valence-corrected chi connectivity index (χ4v) is 2.15. The molecule has 0 spiro atoms. The van der Waals surface area contributed by atoms with Gasteiger partial charge in [0.15, 0.2) is 0 Å². The molecule has 0 aliphatic heterocycles. The first kappa shape index (κ1) is 12.5. The highest BCUT2D eigenvalue weighted by Crippen LogP contribution is 2.21. The van der Waals surface area contributed by atoms with Crippen molar-refractivity contribution in [2.45, 2.75) is 6.54 Å². The van der Waals surface area contributed by atoms with Gasteiger partial charge in [-0.15, -0.1) is 0 Å². The van der Waals surface area contributed by atoms with Gasteiger partial charge in [0.25, 0.3) is 0 Å². The summed E-state index contributed by atoms with van der Waals surface area (Å²) in [6.45, 7) is 0.789. The van der Waals surface area contributed by atoms with Gasteiger partial charge < -0.3 is 4.74 Å². The summed E-state index contributed by atoms with van der Waals surface area (Å²) in [5.41, 5.74) is 3.51. The van der Waals surface area contributed by atoms with Crippen LogP contribution >= 0.6 is 0 Å². The van der Waals surface area contributed by atoms with Crippen molar-refractivity contribution < 1.29 is 4.74 Å². The van der Waals surface area contributed by atoms with Crippen LogP contribution in [0, 0.1) is 0 Å². The van der Waals surface area contributed by atoms with Crippen LogP contribution in [0.5, 0.6) is 5.75 Å². The van der Waals surface area contributed by atoms with Crippen molar-refractivity contribution >= 4 is 0 Å². The number of hydrogen-bond donors (Lipinski definition) is 0. The Balaban J connectivity index is 1.79. The Bertz CT molecular complexity index is 672. The summed E-state index contributed by atoms with van der Waals surface area (Å²) >= 11 is 0. The van der Waals surface area contributed by atoms with Gasteiger partial charge in [0.1, 0.15) is 5.75 Å². The maximum Gasteiger partial charge on any atom is 0.118 e. The minimum absolute atomic E-state index is 0.789. The van der Waals surface area contributed by atoms with Gasteiger partial charge in [-0.05, 0) is 23.3 Å². The third-order valence-corrected chi connectivity index (χ3v) is 3.24.